The molecule has 1 rings (SSSR count). The Bertz CT molecular complexity index is 619. The summed E-state index contributed by atoms with van der Waals surface area (Å²) >= 11 is 5.97. The van der Waals surface area contributed by atoms with Crippen molar-refractivity contribution in [2.24, 2.45) is 0 Å². The van der Waals surface area contributed by atoms with Crippen molar-refractivity contribution >= 4 is 27.3 Å². The van der Waals surface area contributed by atoms with Crippen molar-refractivity contribution in [3.63, 3.8) is 0 Å². The average molecular weight is 364 g/mol. The van der Waals surface area contributed by atoms with Crippen LogP contribution in [0.25, 0.3) is 0 Å². The van der Waals surface area contributed by atoms with Crippen LogP contribution in [-0.2, 0) is 10.0 Å². The van der Waals surface area contributed by atoms with Crippen molar-refractivity contribution < 1.29 is 13.2 Å². The Balaban J connectivity index is 2.92. The maximum atomic E-state index is 12.7. The molecule has 0 fully saturated rings. The number of methoxy groups -OCH3 is 1. The van der Waals surface area contributed by atoms with E-state index in [0.29, 0.717) is 6.54 Å². The molecular weight excluding hydrogens is 338 g/mol. The number of hydrogen-bond donors (Lipinski definition) is 1. The average Bonchev–Trinajstić information content (AvgIpc) is 2.53. The summed E-state index contributed by atoms with van der Waals surface area (Å²) in [6.45, 7) is 7.36. The van der Waals surface area contributed by atoms with Crippen molar-refractivity contribution in [3.05, 3.63) is 17.2 Å². The van der Waals surface area contributed by atoms with Gasteiger partial charge in [-0.25, -0.2) is 12.7 Å². The van der Waals surface area contributed by atoms with Gasteiger partial charge in [-0.2, -0.15) is 0 Å². The van der Waals surface area contributed by atoms with E-state index in [-0.39, 0.29) is 21.4 Å². The fraction of sp³-hybridized carbons (Fsp3) is 0.600. The standard InChI is InChI=1S/C15H26ClN3O3S/c1-5-19(6-2)9-7-8-18(3)23(20,21)15-10-12(16)13(17)11-14(15)22-4/h10-11H,5-9,17H2,1-4H3. The number of rotatable bonds is 9. The van der Waals surface area contributed by atoms with Gasteiger partial charge in [0.25, 0.3) is 0 Å². The van der Waals surface area contributed by atoms with E-state index < -0.39 is 10.0 Å². The van der Waals surface area contributed by atoms with Crippen LogP contribution in [0.2, 0.25) is 5.02 Å². The Morgan fingerprint density at radius 2 is 1.83 bits per heavy atom. The largest absolute Gasteiger partial charge is 0.495 e. The summed E-state index contributed by atoms with van der Waals surface area (Å²) < 4.78 is 31.9. The highest BCUT2D eigenvalue weighted by Crippen LogP contribution is 2.33. The smallest absolute Gasteiger partial charge is 0.246 e. The molecule has 23 heavy (non-hydrogen) atoms. The van der Waals surface area contributed by atoms with Gasteiger partial charge < -0.3 is 15.4 Å². The molecule has 0 amide bonds. The van der Waals surface area contributed by atoms with Crippen LogP contribution >= 0.6 is 11.6 Å². The molecule has 8 heteroatoms. The lowest BCUT2D eigenvalue weighted by Gasteiger charge is -2.22. The lowest BCUT2D eigenvalue weighted by Crippen LogP contribution is -2.32. The molecular formula is C15H26ClN3O3S. The summed E-state index contributed by atoms with van der Waals surface area (Å²) in [4.78, 5) is 2.28. The van der Waals surface area contributed by atoms with Gasteiger partial charge in [-0.1, -0.05) is 25.4 Å². The molecule has 132 valence electrons. The molecule has 0 aromatic heterocycles. The summed E-state index contributed by atoms with van der Waals surface area (Å²) in [6, 6.07) is 2.77. The van der Waals surface area contributed by atoms with Gasteiger partial charge in [-0.15, -0.1) is 0 Å². The highest BCUT2D eigenvalue weighted by atomic mass is 35.5. The lowest BCUT2D eigenvalue weighted by molar-refractivity contribution is 0.289. The maximum Gasteiger partial charge on any atom is 0.246 e. The molecule has 0 unspecified atom stereocenters. The van der Waals surface area contributed by atoms with E-state index in [2.05, 4.69) is 18.7 Å². The van der Waals surface area contributed by atoms with E-state index in [0.717, 1.165) is 26.1 Å². The van der Waals surface area contributed by atoms with Crippen molar-refractivity contribution in [3.8, 4) is 5.75 Å². The van der Waals surface area contributed by atoms with E-state index >= 15 is 0 Å². The third kappa shape index (κ3) is 4.97. The maximum absolute atomic E-state index is 12.7. The van der Waals surface area contributed by atoms with Crippen molar-refractivity contribution in [1.82, 2.24) is 9.21 Å². The first kappa shape index (κ1) is 20.0. The van der Waals surface area contributed by atoms with Gasteiger partial charge in [-0.3, -0.25) is 0 Å². The van der Waals surface area contributed by atoms with Crippen LogP contribution in [0.15, 0.2) is 17.0 Å². The Morgan fingerprint density at radius 1 is 1.22 bits per heavy atom. The normalized spacial score (nSPS) is 12.1. The lowest BCUT2D eigenvalue weighted by atomic mass is 10.3. The number of ether oxygens (including phenoxy) is 1. The van der Waals surface area contributed by atoms with E-state index in [1.165, 1.54) is 23.5 Å². The number of sulfonamides is 1. The highest BCUT2D eigenvalue weighted by molar-refractivity contribution is 7.89. The SMILES string of the molecule is CCN(CC)CCCN(C)S(=O)(=O)c1cc(Cl)c(N)cc1OC. The van der Waals surface area contributed by atoms with E-state index in [9.17, 15) is 8.42 Å². The number of hydrogen-bond acceptors (Lipinski definition) is 5. The van der Waals surface area contributed by atoms with Gasteiger partial charge >= 0.3 is 0 Å². The first-order valence-corrected chi connectivity index (χ1v) is 9.41. The zero-order valence-corrected chi connectivity index (χ0v) is 15.7. The molecule has 0 aliphatic rings. The zero-order chi connectivity index (χ0) is 17.6. The van der Waals surface area contributed by atoms with Gasteiger partial charge in [-0.05, 0) is 32.1 Å². The van der Waals surface area contributed by atoms with Crippen LogP contribution in [0.1, 0.15) is 20.3 Å². The molecule has 6 nitrogen and oxygen atoms in total. The molecule has 0 atom stereocenters. The number of nitrogen functional groups attached to an aromatic ring is 1. The van der Waals surface area contributed by atoms with Crippen molar-refractivity contribution in [2.75, 3.05) is 46.1 Å². The van der Waals surface area contributed by atoms with Gasteiger partial charge in [0.15, 0.2) is 0 Å². The van der Waals surface area contributed by atoms with Crippen LogP contribution in [0, 0.1) is 0 Å². The fourth-order valence-electron chi connectivity index (χ4n) is 2.26. The molecule has 1 aromatic rings. The van der Waals surface area contributed by atoms with Crippen molar-refractivity contribution in [1.29, 1.82) is 0 Å². The number of nitrogens with zero attached hydrogens (tertiary/aromatic N) is 2. The quantitative estimate of drug-likeness (QED) is 0.681. The predicted octanol–water partition coefficient (Wildman–Crippen LogP) is 2.28. The number of halogens is 1. The predicted molar refractivity (Wildman–Crippen MR) is 94.6 cm³/mol. The van der Waals surface area contributed by atoms with E-state index in [1.54, 1.807) is 7.05 Å². The second kappa shape index (κ2) is 8.73. The Hall–Kier alpha value is -1.02. The molecule has 0 radical (unpaired) electrons. The minimum absolute atomic E-state index is 0.0320. The summed E-state index contributed by atoms with van der Waals surface area (Å²) in [7, 11) is -0.721. The fourth-order valence-corrected chi connectivity index (χ4v) is 3.85. The topological polar surface area (TPSA) is 75.9 Å². The molecule has 2 N–H and O–H groups in total. The zero-order valence-electron chi connectivity index (χ0n) is 14.2. The van der Waals surface area contributed by atoms with Crippen molar-refractivity contribution in [2.45, 2.75) is 25.2 Å². The third-order valence-electron chi connectivity index (χ3n) is 3.81. The second-order valence-electron chi connectivity index (χ2n) is 5.23. The monoisotopic (exact) mass is 363 g/mol. The first-order chi connectivity index (χ1) is 10.8. The van der Waals surface area contributed by atoms with Crippen LogP contribution in [0.5, 0.6) is 5.75 Å². The Kier molecular flexibility index (Phi) is 7.60. The second-order valence-corrected chi connectivity index (χ2v) is 7.65. The number of benzene rings is 1. The minimum atomic E-state index is -3.68. The molecule has 0 saturated carbocycles. The molecule has 0 heterocycles. The van der Waals surface area contributed by atoms with Crippen LogP contribution in [-0.4, -0.2) is 58.0 Å². The molecule has 0 spiro atoms. The number of nitrogens with two attached hydrogens (primary N) is 1. The van der Waals surface area contributed by atoms with E-state index in [4.69, 9.17) is 22.1 Å². The van der Waals surface area contributed by atoms with Gasteiger partial charge in [0, 0.05) is 19.7 Å². The summed E-state index contributed by atoms with van der Waals surface area (Å²) in [5.41, 5.74) is 5.99. The summed E-state index contributed by atoms with van der Waals surface area (Å²) in [5.74, 6) is 0.197. The summed E-state index contributed by atoms with van der Waals surface area (Å²) in [6.07, 6.45) is 0.752. The van der Waals surface area contributed by atoms with Crippen LogP contribution in [0.3, 0.4) is 0 Å². The molecule has 1 aromatic carbocycles. The molecule has 0 aliphatic heterocycles. The van der Waals surface area contributed by atoms with Gasteiger partial charge in [0.2, 0.25) is 10.0 Å². The Morgan fingerprint density at radius 3 is 2.35 bits per heavy atom. The number of anilines is 1. The van der Waals surface area contributed by atoms with Crippen LogP contribution < -0.4 is 10.5 Å². The summed E-state index contributed by atoms with van der Waals surface area (Å²) in [5, 5.41) is 0.195. The van der Waals surface area contributed by atoms with Gasteiger partial charge in [0.1, 0.15) is 10.6 Å². The highest BCUT2D eigenvalue weighted by Gasteiger charge is 2.25. The van der Waals surface area contributed by atoms with E-state index in [1.807, 2.05) is 0 Å². The molecule has 0 aliphatic carbocycles. The van der Waals surface area contributed by atoms with Gasteiger partial charge in [0.05, 0.1) is 17.8 Å². The molecule has 0 bridgehead atoms. The minimum Gasteiger partial charge on any atom is -0.495 e. The first-order valence-electron chi connectivity index (χ1n) is 7.59. The Labute approximate surface area is 144 Å². The van der Waals surface area contributed by atoms with Crippen LogP contribution in [0.4, 0.5) is 5.69 Å². The third-order valence-corrected chi connectivity index (χ3v) is 6.02. The molecule has 0 saturated heterocycles.